The molecule has 0 spiro atoms. The Morgan fingerprint density at radius 3 is 2.24 bits per heavy atom. The average Bonchev–Trinajstić information content (AvgIpc) is 3.21. The standard InChI is InChI=1S/C23H22N2O7S2/c1-3-31-23(28)18-13-19(15-7-5-4-6-8-15)33-21(18)24-20(26)14-32-22(27)16-9-11-17(12-10-16)25-34(2,29)30/h4-13,25H,3,14H2,1-2H3,(H,24,26). The molecule has 34 heavy (non-hydrogen) atoms. The second-order valence-electron chi connectivity index (χ2n) is 7.02. The van der Waals surface area contributed by atoms with Crippen LogP contribution in [-0.4, -0.2) is 45.7 Å². The number of ether oxygens (including phenoxy) is 2. The highest BCUT2D eigenvalue weighted by atomic mass is 32.2. The van der Waals surface area contributed by atoms with Crippen LogP contribution in [0.4, 0.5) is 10.7 Å². The van der Waals surface area contributed by atoms with E-state index in [1.807, 2.05) is 30.3 Å². The second-order valence-corrected chi connectivity index (χ2v) is 9.82. The maximum atomic E-state index is 12.4. The molecule has 11 heteroatoms. The van der Waals surface area contributed by atoms with Gasteiger partial charge in [0.1, 0.15) is 5.00 Å². The molecule has 0 fully saturated rings. The third kappa shape index (κ3) is 6.90. The molecule has 1 amide bonds. The molecule has 0 saturated heterocycles. The molecule has 178 valence electrons. The highest BCUT2D eigenvalue weighted by Crippen LogP contribution is 2.35. The van der Waals surface area contributed by atoms with Gasteiger partial charge in [-0.3, -0.25) is 9.52 Å². The number of anilines is 2. The lowest BCUT2D eigenvalue weighted by atomic mass is 10.1. The number of carbonyl (C=O) groups is 3. The number of amides is 1. The molecule has 0 aliphatic heterocycles. The van der Waals surface area contributed by atoms with Crippen LogP contribution in [0, 0.1) is 0 Å². The first-order valence-electron chi connectivity index (χ1n) is 10.1. The molecule has 0 bridgehead atoms. The summed E-state index contributed by atoms with van der Waals surface area (Å²) in [5.74, 6) is -1.96. The molecule has 3 aromatic rings. The fourth-order valence-electron chi connectivity index (χ4n) is 2.85. The second kappa shape index (κ2) is 10.9. The minimum atomic E-state index is -3.44. The molecule has 9 nitrogen and oxygen atoms in total. The number of hydrogen-bond acceptors (Lipinski definition) is 8. The number of sulfonamides is 1. The summed E-state index contributed by atoms with van der Waals surface area (Å²) in [4.78, 5) is 37.8. The van der Waals surface area contributed by atoms with Crippen LogP contribution >= 0.6 is 11.3 Å². The topological polar surface area (TPSA) is 128 Å². The molecule has 0 atom stereocenters. The van der Waals surface area contributed by atoms with Crippen LogP contribution in [0.2, 0.25) is 0 Å². The summed E-state index contributed by atoms with van der Waals surface area (Å²) in [6, 6.07) is 16.6. The van der Waals surface area contributed by atoms with E-state index in [4.69, 9.17) is 9.47 Å². The molecule has 2 N–H and O–H groups in total. The predicted molar refractivity (Wildman–Crippen MR) is 130 cm³/mol. The van der Waals surface area contributed by atoms with Crippen molar-refractivity contribution in [3.63, 3.8) is 0 Å². The predicted octanol–water partition coefficient (Wildman–Crippen LogP) is 3.76. The van der Waals surface area contributed by atoms with Crippen molar-refractivity contribution in [1.82, 2.24) is 0 Å². The Bertz CT molecular complexity index is 1280. The molecule has 3 rings (SSSR count). The van der Waals surface area contributed by atoms with E-state index >= 15 is 0 Å². The van der Waals surface area contributed by atoms with Gasteiger partial charge in [-0.25, -0.2) is 18.0 Å². The van der Waals surface area contributed by atoms with Crippen molar-refractivity contribution < 1.29 is 32.3 Å². The maximum Gasteiger partial charge on any atom is 0.341 e. The van der Waals surface area contributed by atoms with Crippen LogP contribution in [0.5, 0.6) is 0 Å². The van der Waals surface area contributed by atoms with Crippen LogP contribution in [0.3, 0.4) is 0 Å². The molecule has 1 heterocycles. The highest BCUT2D eigenvalue weighted by molar-refractivity contribution is 7.92. The van der Waals surface area contributed by atoms with Crippen LogP contribution in [0.15, 0.2) is 60.7 Å². The molecule has 0 saturated carbocycles. The quantitative estimate of drug-likeness (QED) is 0.427. The van der Waals surface area contributed by atoms with Crippen molar-refractivity contribution in [1.29, 1.82) is 0 Å². The van der Waals surface area contributed by atoms with Gasteiger partial charge in [0.05, 0.1) is 24.0 Å². The van der Waals surface area contributed by atoms with E-state index in [1.54, 1.807) is 13.0 Å². The van der Waals surface area contributed by atoms with Crippen molar-refractivity contribution >= 4 is 49.9 Å². The van der Waals surface area contributed by atoms with Gasteiger partial charge in [-0.05, 0) is 42.8 Å². The summed E-state index contributed by atoms with van der Waals surface area (Å²) in [6.45, 7) is 1.28. The largest absolute Gasteiger partial charge is 0.462 e. The number of benzene rings is 2. The summed E-state index contributed by atoms with van der Waals surface area (Å²) in [7, 11) is -3.44. The third-order valence-corrected chi connectivity index (χ3v) is 6.00. The Morgan fingerprint density at radius 2 is 1.62 bits per heavy atom. The molecule has 0 aliphatic carbocycles. The normalized spacial score (nSPS) is 10.9. The van der Waals surface area contributed by atoms with E-state index < -0.39 is 34.5 Å². The summed E-state index contributed by atoms with van der Waals surface area (Å²) >= 11 is 1.20. The molecular weight excluding hydrogens is 480 g/mol. The van der Waals surface area contributed by atoms with Gasteiger partial charge < -0.3 is 14.8 Å². The number of hydrogen-bond donors (Lipinski definition) is 2. The van der Waals surface area contributed by atoms with Gasteiger partial charge in [-0.15, -0.1) is 11.3 Å². The molecule has 1 aromatic heterocycles. The fourth-order valence-corrected chi connectivity index (χ4v) is 4.49. The summed E-state index contributed by atoms with van der Waals surface area (Å²) in [5.41, 5.74) is 1.51. The SMILES string of the molecule is CCOC(=O)c1cc(-c2ccccc2)sc1NC(=O)COC(=O)c1ccc(NS(C)(=O)=O)cc1. The van der Waals surface area contributed by atoms with Crippen LogP contribution in [0.25, 0.3) is 10.4 Å². The summed E-state index contributed by atoms with van der Waals surface area (Å²) in [5, 5.41) is 2.89. The van der Waals surface area contributed by atoms with Crippen LogP contribution < -0.4 is 10.0 Å². The third-order valence-electron chi connectivity index (χ3n) is 4.30. The number of nitrogens with one attached hydrogen (secondary N) is 2. The first-order chi connectivity index (χ1) is 16.2. The smallest absolute Gasteiger partial charge is 0.341 e. The molecule has 0 aliphatic rings. The van der Waals surface area contributed by atoms with Gasteiger partial charge in [0.25, 0.3) is 5.91 Å². The van der Waals surface area contributed by atoms with Crippen LogP contribution in [0.1, 0.15) is 27.6 Å². The van der Waals surface area contributed by atoms with Gasteiger partial charge in [0.15, 0.2) is 6.61 Å². The van der Waals surface area contributed by atoms with Gasteiger partial charge >= 0.3 is 11.9 Å². The zero-order valence-corrected chi connectivity index (χ0v) is 20.0. The van der Waals surface area contributed by atoms with Crippen molar-refractivity contribution in [2.75, 3.05) is 29.5 Å². The Kier molecular flexibility index (Phi) is 8.03. The zero-order valence-electron chi connectivity index (χ0n) is 18.4. The molecule has 0 unspecified atom stereocenters. The monoisotopic (exact) mass is 502 g/mol. The van der Waals surface area contributed by atoms with Crippen molar-refractivity contribution in [2.45, 2.75) is 6.92 Å². The van der Waals surface area contributed by atoms with E-state index in [0.29, 0.717) is 0 Å². The van der Waals surface area contributed by atoms with Gasteiger partial charge in [0.2, 0.25) is 10.0 Å². The van der Waals surface area contributed by atoms with E-state index in [-0.39, 0.29) is 28.4 Å². The number of thiophene rings is 1. The van der Waals surface area contributed by atoms with Crippen molar-refractivity contribution in [3.05, 3.63) is 71.8 Å². The molecule has 2 aromatic carbocycles. The van der Waals surface area contributed by atoms with E-state index in [1.165, 1.54) is 35.6 Å². The Labute approximate surface area is 200 Å². The van der Waals surface area contributed by atoms with Gasteiger partial charge in [0, 0.05) is 10.6 Å². The lowest BCUT2D eigenvalue weighted by molar-refractivity contribution is -0.119. The lowest BCUT2D eigenvalue weighted by Crippen LogP contribution is -2.21. The van der Waals surface area contributed by atoms with Crippen molar-refractivity contribution in [2.24, 2.45) is 0 Å². The minimum Gasteiger partial charge on any atom is -0.462 e. The Hall–Kier alpha value is -3.70. The number of carbonyl (C=O) groups excluding carboxylic acids is 3. The number of rotatable bonds is 9. The maximum absolute atomic E-state index is 12.4. The molecule has 0 radical (unpaired) electrons. The average molecular weight is 503 g/mol. The fraction of sp³-hybridized carbons (Fsp3) is 0.174. The molecular formula is C23H22N2O7S2. The lowest BCUT2D eigenvalue weighted by Gasteiger charge is -2.08. The van der Waals surface area contributed by atoms with Crippen LogP contribution in [-0.2, 0) is 24.3 Å². The van der Waals surface area contributed by atoms with Gasteiger partial charge in [-0.1, -0.05) is 30.3 Å². The first kappa shape index (κ1) is 24.9. The number of esters is 2. The highest BCUT2D eigenvalue weighted by Gasteiger charge is 2.20. The van der Waals surface area contributed by atoms with E-state index in [9.17, 15) is 22.8 Å². The Morgan fingerprint density at radius 1 is 0.941 bits per heavy atom. The first-order valence-corrected chi connectivity index (χ1v) is 12.8. The van der Waals surface area contributed by atoms with Gasteiger partial charge in [-0.2, -0.15) is 0 Å². The minimum absolute atomic E-state index is 0.140. The van der Waals surface area contributed by atoms with E-state index in [0.717, 1.165) is 16.7 Å². The Balaban J connectivity index is 1.66. The zero-order chi connectivity index (χ0) is 24.7. The summed E-state index contributed by atoms with van der Waals surface area (Å²) in [6.07, 6.45) is 1.01. The van der Waals surface area contributed by atoms with Crippen molar-refractivity contribution in [3.8, 4) is 10.4 Å². The summed E-state index contributed by atoms with van der Waals surface area (Å²) < 4.78 is 34.9. The van der Waals surface area contributed by atoms with E-state index in [2.05, 4.69) is 10.0 Å².